The molecule has 0 aromatic heterocycles. The van der Waals surface area contributed by atoms with E-state index in [-0.39, 0.29) is 17.4 Å². The summed E-state index contributed by atoms with van der Waals surface area (Å²) in [7, 11) is 0. The predicted octanol–water partition coefficient (Wildman–Crippen LogP) is 2.04. The second kappa shape index (κ2) is 9.12. The van der Waals surface area contributed by atoms with Crippen molar-refractivity contribution >= 4 is 5.91 Å². The Bertz CT molecular complexity index is 456. The normalized spacial score (nSPS) is 10.5. The number of alkyl halides is 2. The summed E-state index contributed by atoms with van der Waals surface area (Å²) in [6.07, 6.45) is 0.985. The number of ether oxygens (including phenoxy) is 2. The molecule has 0 heterocycles. The molecular formula is C14H20F2N2O3. The molecule has 0 unspecified atom stereocenters. The van der Waals surface area contributed by atoms with Gasteiger partial charge >= 0.3 is 6.61 Å². The monoisotopic (exact) mass is 302 g/mol. The number of rotatable bonds is 9. The van der Waals surface area contributed by atoms with Crippen molar-refractivity contribution in [3.05, 3.63) is 23.8 Å². The zero-order chi connectivity index (χ0) is 15.7. The lowest BCUT2D eigenvalue weighted by Crippen LogP contribution is -2.23. The highest BCUT2D eigenvalue weighted by atomic mass is 19.3. The molecule has 1 aromatic carbocycles. The van der Waals surface area contributed by atoms with Crippen molar-refractivity contribution in [2.75, 3.05) is 13.2 Å². The van der Waals surface area contributed by atoms with E-state index < -0.39 is 6.61 Å². The van der Waals surface area contributed by atoms with Crippen LogP contribution in [0.5, 0.6) is 11.5 Å². The number of carbonyl (C=O) groups excluding carboxylic acids is 1. The molecule has 0 radical (unpaired) electrons. The third-order valence-electron chi connectivity index (χ3n) is 2.62. The van der Waals surface area contributed by atoms with Crippen LogP contribution >= 0.6 is 0 Å². The molecule has 0 atom stereocenters. The van der Waals surface area contributed by atoms with Crippen LogP contribution in [-0.4, -0.2) is 25.7 Å². The molecule has 5 nitrogen and oxygen atoms in total. The average Bonchev–Trinajstić information content (AvgIpc) is 2.45. The minimum absolute atomic E-state index is 0.0231. The zero-order valence-electron chi connectivity index (χ0n) is 11.9. The first-order valence-electron chi connectivity index (χ1n) is 6.74. The van der Waals surface area contributed by atoms with Gasteiger partial charge in [-0.1, -0.05) is 6.07 Å². The summed E-state index contributed by atoms with van der Waals surface area (Å²) >= 11 is 0. The Morgan fingerprint density at radius 1 is 1.38 bits per heavy atom. The fourth-order valence-electron chi connectivity index (χ4n) is 1.68. The smallest absolute Gasteiger partial charge is 0.387 e. The van der Waals surface area contributed by atoms with Crippen LogP contribution < -0.4 is 20.5 Å². The summed E-state index contributed by atoms with van der Waals surface area (Å²) < 4.78 is 34.2. The van der Waals surface area contributed by atoms with E-state index in [0.29, 0.717) is 32.5 Å². The van der Waals surface area contributed by atoms with Gasteiger partial charge in [0, 0.05) is 13.0 Å². The number of hydrogen-bond acceptors (Lipinski definition) is 4. The van der Waals surface area contributed by atoms with Gasteiger partial charge in [-0.25, -0.2) is 0 Å². The molecule has 0 saturated heterocycles. The average molecular weight is 302 g/mol. The molecule has 21 heavy (non-hydrogen) atoms. The van der Waals surface area contributed by atoms with Gasteiger partial charge in [0.2, 0.25) is 5.91 Å². The molecule has 0 bridgehead atoms. The summed E-state index contributed by atoms with van der Waals surface area (Å²) in [5.41, 5.74) is 6.06. The third-order valence-corrected chi connectivity index (χ3v) is 2.62. The quantitative estimate of drug-likeness (QED) is 0.732. The molecule has 1 amide bonds. The van der Waals surface area contributed by atoms with E-state index in [1.807, 2.05) is 0 Å². The first-order chi connectivity index (χ1) is 10.1. The van der Waals surface area contributed by atoms with Crippen LogP contribution in [0.15, 0.2) is 18.2 Å². The van der Waals surface area contributed by atoms with E-state index in [9.17, 15) is 13.6 Å². The Kier molecular flexibility index (Phi) is 7.45. The van der Waals surface area contributed by atoms with Gasteiger partial charge in [-0.2, -0.15) is 8.78 Å². The Morgan fingerprint density at radius 2 is 2.14 bits per heavy atom. The van der Waals surface area contributed by atoms with E-state index in [4.69, 9.17) is 10.5 Å². The van der Waals surface area contributed by atoms with Crippen LogP contribution in [-0.2, 0) is 11.3 Å². The van der Waals surface area contributed by atoms with Crippen molar-refractivity contribution < 1.29 is 23.0 Å². The summed E-state index contributed by atoms with van der Waals surface area (Å²) in [5.74, 6) is 0.0999. The molecule has 0 aliphatic carbocycles. The Morgan fingerprint density at radius 3 is 2.76 bits per heavy atom. The number of hydrogen-bond donors (Lipinski definition) is 2. The SMILES string of the molecule is CCOc1cc(CNC(=O)CCCN)ccc1OC(F)F. The van der Waals surface area contributed by atoms with Crippen LogP contribution in [0, 0.1) is 0 Å². The second-order valence-electron chi connectivity index (χ2n) is 4.26. The van der Waals surface area contributed by atoms with Crippen LogP contribution in [0.2, 0.25) is 0 Å². The van der Waals surface area contributed by atoms with E-state index in [2.05, 4.69) is 10.1 Å². The van der Waals surface area contributed by atoms with Gasteiger partial charge in [0.15, 0.2) is 11.5 Å². The van der Waals surface area contributed by atoms with Crippen LogP contribution in [0.1, 0.15) is 25.3 Å². The molecule has 0 saturated carbocycles. The maximum Gasteiger partial charge on any atom is 0.387 e. The first-order valence-corrected chi connectivity index (χ1v) is 6.74. The summed E-state index contributed by atoms with van der Waals surface area (Å²) in [6, 6.07) is 4.58. The highest BCUT2D eigenvalue weighted by Crippen LogP contribution is 2.29. The van der Waals surface area contributed by atoms with E-state index in [0.717, 1.165) is 5.56 Å². The number of nitrogens with one attached hydrogen (secondary N) is 1. The van der Waals surface area contributed by atoms with Crippen LogP contribution in [0.3, 0.4) is 0 Å². The van der Waals surface area contributed by atoms with Crippen molar-refractivity contribution in [1.29, 1.82) is 0 Å². The number of carbonyl (C=O) groups is 1. The number of benzene rings is 1. The minimum Gasteiger partial charge on any atom is -0.490 e. The molecule has 0 spiro atoms. The standard InChI is InChI=1S/C14H20F2N2O3/c1-2-20-12-8-10(5-6-11(12)21-14(15)16)9-18-13(19)4-3-7-17/h5-6,8,14H,2-4,7,9,17H2,1H3,(H,18,19). The summed E-state index contributed by atoms with van der Waals surface area (Å²) in [6.45, 7) is -0.0923. The largest absolute Gasteiger partial charge is 0.490 e. The van der Waals surface area contributed by atoms with Gasteiger partial charge in [0.05, 0.1) is 6.61 Å². The third kappa shape index (κ3) is 6.40. The Balaban J connectivity index is 2.66. The lowest BCUT2D eigenvalue weighted by atomic mass is 10.2. The molecular weight excluding hydrogens is 282 g/mol. The van der Waals surface area contributed by atoms with Crippen molar-refractivity contribution in [2.24, 2.45) is 5.73 Å². The van der Waals surface area contributed by atoms with Gasteiger partial charge in [-0.15, -0.1) is 0 Å². The summed E-state index contributed by atoms with van der Waals surface area (Å²) in [5, 5.41) is 2.72. The van der Waals surface area contributed by atoms with Gasteiger partial charge < -0.3 is 20.5 Å². The number of halogens is 2. The highest BCUT2D eigenvalue weighted by molar-refractivity contribution is 5.75. The minimum atomic E-state index is -2.91. The molecule has 1 aromatic rings. The molecule has 118 valence electrons. The topological polar surface area (TPSA) is 73.6 Å². The summed E-state index contributed by atoms with van der Waals surface area (Å²) in [4.78, 5) is 11.5. The van der Waals surface area contributed by atoms with E-state index >= 15 is 0 Å². The molecule has 0 aliphatic rings. The maximum absolute atomic E-state index is 12.3. The lowest BCUT2D eigenvalue weighted by molar-refractivity contribution is -0.121. The van der Waals surface area contributed by atoms with Gasteiger partial charge in [0.25, 0.3) is 0 Å². The Labute approximate surface area is 122 Å². The fraction of sp³-hybridized carbons (Fsp3) is 0.500. The van der Waals surface area contributed by atoms with Gasteiger partial charge in [0.1, 0.15) is 0 Å². The van der Waals surface area contributed by atoms with Gasteiger partial charge in [-0.05, 0) is 37.6 Å². The number of amides is 1. The first kappa shape index (κ1) is 17.2. The highest BCUT2D eigenvalue weighted by Gasteiger charge is 2.12. The van der Waals surface area contributed by atoms with E-state index in [1.54, 1.807) is 19.1 Å². The molecule has 0 fully saturated rings. The Hall–Kier alpha value is -1.89. The van der Waals surface area contributed by atoms with Crippen molar-refractivity contribution in [3.63, 3.8) is 0 Å². The molecule has 3 N–H and O–H groups in total. The number of nitrogens with two attached hydrogens (primary N) is 1. The van der Waals surface area contributed by atoms with Crippen LogP contribution in [0.4, 0.5) is 8.78 Å². The van der Waals surface area contributed by atoms with E-state index in [1.165, 1.54) is 6.07 Å². The second-order valence-corrected chi connectivity index (χ2v) is 4.26. The van der Waals surface area contributed by atoms with Crippen LogP contribution in [0.25, 0.3) is 0 Å². The van der Waals surface area contributed by atoms with Crippen molar-refractivity contribution in [3.8, 4) is 11.5 Å². The molecule has 7 heteroatoms. The lowest BCUT2D eigenvalue weighted by Gasteiger charge is -2.13. The maximum atomic E-state index is 12.3. The van der Waals surface area contributed by atoms with Crippen molar-refractivity contribution in [2.45, 2.75) is 32.9 Å². The van der Waals surface area contributed by atoms with Gasteiger partial charge in [-0.3, -0.25) is 4.79 Å². The molecule has 0 aliphatic heterocycles. The van der Waals surface area contributed by atoms with Crippen molar-refractivity contribution in [1.82, 2.24) is 5.32 Å². The predicted molar refractivity (Wildman–Crippen MR) is 74.4 cm³/mol. The fourth-order valence-corrected chi connectivity index (χ4v) is 1.68. The molecule has 1 rings (SSSR count). The zero-order valence-corrected chi connectivity index (χ0v) is 11.9.